The maximum atomic E-state index is 12.9. The Morgan fingerprint density at radius 3 is 2.39 bits per heavy atom. The number of fused-ring (bicyclic) bond motifs is 1. The summed E-state index contributed by atoms with van der Waals surface area (Å²) in [4.78, 5) is 40.8. The third-order valence-corrected chi connectivity index (χ3v) is 9.02. The summed E-state index contributed by atoms with van der Waals surface area (Å²) in [7, 11) is 0. The number of primary amides is 1. The number of piperidine rings is 1. The minimum absolute atomic E-state index is 0.00226. The molecule has 3 heterocycles. The smallest absolute Gasteiger partial charge is 0.321 e. The molecule has 14 heteroatoms. The Balaban J connectivity index is 1.26. The molecule has 2 aliphatic rings. The zero-order valence-corrected chi connectivity index (χ0v) is 26.0. The van der Waals surface area contributed by atoms with Gasteiger partial charge in [-0.2, -0.15) is 4.98 Å². The van der Waals surface area contributed by atoms with Crippen LogP contribution >= 0.6 is 34.8 Å². The average molecular weight is 657 g/mol. The number of benzene rings is 2. The number of likely N-dealkylation sites (tertiary alicyclic amines) is 1. The quantitative estimate of drug-likeness (QED) is 0.170. The van der Waals surface area contributed by atoms with Crippen molar-refractivity contribution in [3.05, 3.63) is 63.7 Å². The summed E-state index contributed by atoms with van der Waals surface area (Å²) in [5, 5.41) is 10.8. The lowest BCUT2D eigenvalue weighted by molar-refractivity contribution is -0.122. The second kappa shape index (κ2) is 13.1. The fraction of sp³-hybridized carbons (Fsp3) is 0.367. The van der Waals surface area contributed by atoms with Crippen LogP contribution in [0.1, 0.15) is 44.6 Å². The second-order valence-corrected chi connectivity index (χ2v) is 12.5. The van der Waals surface area contributed by atoms with Crippen molar-refractivity contribution in [1.29, 1.82) is 0 Å². The van der Waals surface area contributed by atoms with Gasteiger partial charge in [-0.15, -0.1) is 0 Å². The van der Waals surface area contributed by atoms with E-state index in [-0.39, 0.29) is 29.9 Å². The Morgan fingerprint density at radius 2 is 1.68 bits per heavy atom. The van der Waals surface area contributed by atoms with E-state index < -0.39 is 0 Å². The number of halogens is 3. The highest BCUT2D eigenvalue weighted by atomic mass is 35.5. The third-order valence-electron chi connectivity index (χ3n) is 8.21. The molecule has 3 amide bonds. The number of carbonyl (C=O) groups is 2. The highest BCUT2D eigenvalue weighted by Crippen LogP contribution is 2.40. The maximum absolute atomic E-state index is 12.9. The number of para-hydroxylation sites is 1. The number of nitrogens with one attached hydrogen (secondary N) is 3. The van der Waals surface area contributed by atoms with Gasteiger partial charge >= 0.3 is 6.03 Å². The molecule has 0 bridgehead atoms. The van der Waals surface area contributed by atoms with Crippen LogP contribution in [0.3, 0.4) is 0 Å². The average Bonchev–Trinajstić information content (AvgIpc) is 3.37. The van der Waals surface area contributed by atoms with Crippen molar-refractivity contribution >= 4 is 81.2 Å². The number of hydrogen-bond donors (Lipinski definition) is 4. The lowest BCUT2D eigenvalue weighted by Crippen LogP contribution is -2.47. The topological polar surface area (TPSA) is 143 Å². The predicted octanol–water partition coefficient (Wildman–Crippen LogP) is 6.86. The van der Waals surface area contributed by atoms with E-state index in [1.807, 2.05) is 34.9 Å². The SMILES string of the molecule is NC(=O)[C@H]1CC[C@@H](n2c(Nc3c(Cl)cc(Cl)cc3Cl)nc3cnc(N[C@@H]4CCCN(C(=O)Nc5ccccc5)C4)nc32)CC1. The summed E-state index contributed by atoms with van der Waals surface area (Å²) in [5.74, 6) is 0.512. The molecule has 230 valence electrons. The normalized spacial score (nSPS) is 20.3. The first-order valence-corrected chi connectivity index (χ1v) is 15.7. The molecule has 0 unspecified atom stereocenters. The Morgan fingerprint density at radius 1 is 0.955 bits per heavy atom. The molecule has 11 nitrogen and oxygen atoms in total. The number of nitrogens with zero attached hydrogens (tertiary/aromatic N) is 5. The van der Waals surface area contributed by atoms with Gasteiger partial charge in [0.05, 0.1) is 21.9 Å². The first kappa shape index (κ1) is 30.2. The van der Waals surface area contributed by atoms with Gasteiger partial charge in [-0.05, 0) is 62.8 Å². The molecule has 1 saturated carbocycles. The molecule has 1 saturated heterocycles. The molecule has 0 radical (unpaired) electrons. The van der Waals surface area contributed by atoms with Crippen molar-refractivity contribution in [3.63, 3.8) is 0 Å². The van der Waals surface area contributed by atoms with E-state index in [0.717, 1.165) is 31.4 Å². The fourth-order valence-electron chi connectivity index (χ4n) is 5.97. The monoisotopic (exact) mass is 655 g/mol. The first-order valence-electron chi connectivity index (χ1n) is 14.6. The summed E-state index contributed by atoms with van der Waals surface area (Å²) in [5.41, 5.74) is 8.05. The number of aromatic nitrogens is 4. The number of urea groups is 1. The van der Waals surface area contributed by atoms with E-state index in [0.29, 0.717) is 69.7 Å². The number of nitrogens with two attached hydrogens (primary N) is 1. The molecule has 5 N–H and O–H groups in total. The third kappa shape index (κ3) is 6.64. The minimum Gasteiger partial charge on any atom is -0.369 e. The van der Waals surface area contributed by atoms with Crippen molar-refractivity contribution in [2.45, 2.75) is 50.6 Å². The van der Waals surface area contributed by atoms with Crippen LogP contribution in [0.2, 0.25) is 15.1 Å². The van der Waals surface area contributed by atoms with Gasteiger partial charge in [-0.3, -0.25) is 9.36 Å². The van der Waals surface area contributed by atoms with Crippen LogP contribution in [-0.4, -0.2) is 55.5 Å². The Kier molecular flexibility index (Phi) is 8.97. The number of anilines is 4. The number of amides is 3. The molecule has 44 heavy (non-hydrogen) atoms. The van der Waals surface area contributed by atoms with E-state index in [4.69, 9.17) is 50.5 Å². The van der Waals surface area contributed by atoms with Gasteiger partial charge < -0.3 is 26.6 Å². The van der Waals surface area contributed by atoms with Gasteiger partial charge in [-0.25, -0.2) is 14.8 Å². The van der Waals surface area contributed by atoms with E-state index in [9.17, 15) is 9.59 Å². The fourth-order valence-corrected chi connectivity index (χ4v) is 6.88. The maximum Gasteiger partial charge on any atom is 0.321 e. The van der Waals surface area contributed by atoms with E-state index in [1.54, 1.807) is 23.2 Å². The van der Waals surface area contributed by atoms with Crippen LogP contribution in [0.15, 0.2) is 48.7 Å². The summed E-state index contributed by atoms with van der Waals surface area (Å²) < 4.78 is 2.03. The number of rotatable bonds is 7. The largest absolute Gasteiger partial charge is 0.369 e. The van der Waals surface area contributed by atoms with Crippen LogP contribution in [0, 0.1) is 5.92 Å². The number of hydrogen-bond acceptors (Lipinski definition) is 7. The molecule has 1 aliphatic heterocycles. The van der Waals surface area contributed by atoms with Crippen molar-refractivity contribution < 1.29 is 9.59 Å². The molecule has 1 atom stereocenters. The predicted molar refractivity (Wildman–Crippen MR) is 174 cm³/mol. The highest BCUT2D eigenvalue weighted by Gasteiger charge is 2.30. The summed E-state index contributed by atoms with van der Waals surface area (Å²) >= 11 is 19.1. The Hall–Kier alpha value is -3.80. The molecule has 2 fully saturated rings. The van der Waals surface area contributed by atoms with Gasteiger partial charge in [0, 0.05) is 41.8 Å². The lowest BCUT2D eigenvalue weighted by atomic mass is 9.85. The molecular weight excluding hydrogens is 625 g/mol. The molecule has 6 rings (SSSR count). The first-order chi connectivity index (χ1) is 21.2. The Bertz CT molecular complexity index is 1650. The second-order valence-electron chi connectivity index (χ2n) is 11.2. The molecule has 2 aromatic carbocycles. The van der Waals surface area contributed by atoms with Gasteiger partial charge in [0.25, 0.3) is 0 Å². The zero-order valence-electron chi connectivity index (χ0n) is 23.8. The molecule has 4 aromatic rings. The molecule has 2 aromatic heterocycles. The molecule has 1 aliphatic carbocycles. The highest BCUT2D eigenvalue weighted by molar-refractivity contribution is 6.41. The minimum atomic E-state index is -0.273. The standard InChI is InChI=1S/C30H32Cl3N9O2/c31-18-13-22(32)25(23(33)14-18)39-29-38-24-15-35-28(40-27(24)42(29)21-10-8-17(9-11-21)26(34)43)36-20-7-4-12-41(16-20)30(44)37-19-5-2-1-3-6-19/h1-3,5-6,13-15,17,20-21H,4,7-12,16H2,(H2,34,43)(H,37,44)(H,38,39)(H,35,36,40)/t17-,20-,21+/m1/s1. The zero-order chi connectivity index (χ0) is 30.8. The van der Waals surface area contributed by atoms with Crippen molar-refractivity contribution in [1.82, 2.24) is 24.4 Å². The van der Waals surface area contributed by atoms with E-state index in [1.165, 1.54) is 0 Å². The van der Waals surface area contributed by atoms with E-state index in [2.05, 4.69) is 20.9 Å². The Labute approximate surface area is 269 Å². The van der Waals surface area contributed by atoms with Crippen LogP contribution < -0.4 is 21.7 Å². The van der Waals surface area contributed by atoms with Crippen molar-refractivity contribution in [2.24, 2.45) is 11.7 Å². The number of carbonyl (C=O) groups excluding carboxylic acids is 2. The van der Waals surface area contributed by atoms with Crippen LogP contribution in [-0.2, 0) is 4.79 Å². The van der Waals surface area contributed by atoms with Gasteiger partial charge in [0.15, 0.2) is 5.65 Å². The van der Waals surface area contributed by atoms with E-state index >= 15 is 0 Å². The summed E-state index contributed by atoms with van der Waals surface area (Å²) in [6, 6.07) is 12.5. The van der Waals surface area contributed by atoms with Crippen LogP contribution in [0.5, 0.6) is 0 Å². The van der Waals surface area contributed by atoms with Crippen LogP contribution in [0.25, 0.3) is 11.2 Å². The van der Waals surface area contributed by atoms with Crippen molar-refractivity contribution in [2.75, 3.05) is 29.0 Å². The summed E-state index contributed by atoms with van der Waals surface area (Å²) in [6.45, 7) is 1.18. The van der Waals surface area contributed by atoms with Gasteiger partial charge in [0.1, 0.15) is 5.52 Å². The summed E-state index contributed by atoms with van der Waals surface area (Å²) in [6.07, 6.45) is 6.16. The molecule has 0 spiro atoms. The van der Waals surface area contributed by atoms with Crippen LogP contribution in [0.4, 0.5) is 28.1 Å². The number of imidazole rings is 1. The van der Waals surface area contributed by atoms with Gasteiger partial charge in [-0.1, -0.05) is 53.0 Å². The molecular formula is C30H32Cl3N9O2. The van der Waals surface area contributed by atoms with Gasteiger partial charge in [0.2, 0.25) is 17.8 Å². The van der Waals surface area contributed by atoms with Crippen molar-refractivity contribution in [3.8, 4) is 0 Å². The lowest BCUT2D eigenvalue weighted by Gasteiger charge is -2.33.